The largest absolute Gasteiger partial charge is 0.281 e. The van der Waals surface area contributed by atoms with Gasteiger partial charge in [0.15, 0.2) is 11.5 Å². The van der Waals surface area contributed by atoms with Crippen LogP contribution < -0.4 is 0 Å². The summed E-state index contributed by atoms with van der Waals surface area (Å²) in [4.78, 5) is 0. The third-order valence-electron chi connectivity index (χ3n) is 6.81. The van der Waals surface area contributed by atoms with Crippen molar-refractivity contribution in [1.82, 2.24) is 14.6 Å². The summed E-state index contributed by atoms with van der Waals surface area (Å²) in [5, 5.41) is 13.9. The van der Waals surface area contributed by atoms with E-state index >= 15 is 0 Å². The van der Waals surface area contributed by atoms with Gasteiger partial charge in [-0.1, -0.05) is 133 Å². The van der Waals surface area contributed by atoms with E-state index in [-0.39, 0.29) is 0 Å². The average molecular weight is 557 g/mol. The average Bonchev–Trinajstić information content (AvgIpc) is 3.42. The Morgan fingerprint density at radius 3 is 1.84 bits per heavy atom. The molecule has 7 rings (SSSR count). The number of hydrogen-bond donors (Lipinski definition) is 0. The SMILES string of the molecule is Brc1ccc(-c2nnc3c4ccccc4c(-c4ccc(-c5cccc6ccccc56)cc4)cn23)cc1.CC. The van der Waals surface area contributed by atoms with Gasteiger partial charge in [0.05, 0.1) is 0 Å². The van der Waals surface area contributed by atoms with E-state index in [0.717, 1.165) is 43.4 Å². The Hall–Kier alpha value is -4.28. The molecule has 2 heterocycles. The lowest BCUT2D eigenvalue weighted by Gasteiger charge is -2.12. The highest BCUT2D eigenvalue weighted by Gasteiger charge is 2.15. The van der Waals surface area contributed by atoms with Crippen LogP contribution >= 0.6 is 15.9 Å². The van der Waals surface area contributed by atoms with Crippen LogP contribution in [0.3, 0.4) is 0 Å². The third-order valence-corrected chi connectivity index (χ3v) is 7.34. The molecule has 0 unspecified atom stereocenters. The van der Waals surface area contributed by atoms with Crippen molar-refractivity contribution in [2.75, 3.05) is 0 Å². The van der Waals surface area contributed by atoms with Crippen LogP contribution in [0, 0.1) is 0 Å². The van der Waals surface area contributed by atoms with E-state index in [1.165, 1.54) is 21.9 Å². The van der Waals surface area contributed by atoms with Crippen LogP contribution in [0.15, 0.2) is 126 Å². The molecule has 0 spiro atoms. The molecule has 0 amide bonds. The summed E-state index contributed by atoms with van der Waals surface area (Å²) in [5.74, 6) is 0.830. The molecule has 184 valence electrons. The number of fused-ring (bicyclic) bond motifs is 4. The molecular weight excluding hydrogens is 530 g/mol. The Morgan fingerprint density at radius 2 is 1.11 bits per heavy atom. The van der Waals surface area contributed by atoms with Crippen LogP contribution in [0.1, 0.15) is 13.8 Å². The van der Waals surface area contributed by atoms with E-state index in [4.69, 9.17) is 0 Å². The van der Waals surface area contributed by atoms with Gasteiger partial charge in [0.1, 0.15) is 0 Å². The summed E-state index contributed by atoms with van der Waals surface area (Å²) in [6.45, 7) is 4.00. The summed E-state index contributed by atoms with van der Waals surface area (Å²) in [5.41, 5.74) is 6.66. The number of benzene rings is 5. The summed E-state index contributed by atoms with van der Waals surface area (Å²) < 4.78 is 3.15. The van der Waals surface area contributed by atoms with Crippen molar-refractivity contribution < 1.29 is 0 Å². The van der Waals surface area contributed by atoms with Crippen LogP contribution in [0.4, 0.5) is 0 Å². The minimum absolute atomic E-state index is 0.830. The van der Waals surface area contributed by atoms with Gasteiger partial charge in [0, 0.05) is 27.2 Å². The maximum absolute atomic E-state index is 4.56. The van der Waals surface area contributed by atoms with E-state index in [2.05, 4.69) is 140 Å². The van der Waals surface area contributed by atoms with Gasteiger partial charge in [-0.2, -0.15) is 0 Å². The molecule has 5 aromatic carbocycles. The van der Waals surface area contributed by atoms with Crippen molar-refractivity contribution in [2.24, 2.45) is 0 Å². The van der Waals surface area contributed by atoms with Gasteiger partial charge in [0.25, 0.3) is 0 Å². The lowest BCUT2D eigenvalue weighted by atomic mass is 9.95. The van der Waals surface area contributed by atoms with Crippen LogP contribution in [0.5, 0.6) is 0 Å². The first-order chi connectivity index (χ1) is 18.8. The maximum atomic E-state index is 4.56. The maximum Gasteiger partial charge on any atom is 0.169 e. The lowest BCUT2D eigenvalue weighted by molar-refractivity contribution is 1.11. The first-order valence-electron chi connectivity index (χ1n) is 12.9. The van der Waals surface area contributed by atoms with Crippen molar-refractivity contribution in [3.8, 4) is 33.6 Å². The highest BCUT2D eigenvalue weighted by atomic mass is 79.9. The van der Waals surface area contributed by atoms with Gasteiger partial charge in [-0.05, 0) is 45.0 Å². The monoisotopic (exact) mass is 555 g/mol. The Balaban J connectivity index is 0.00000129. The summed E-state index contributed by atoms with van der Waals surface area (Å²) >= 11 is 3.53. The Labute approximate surface area is 230 Å². The van der Waals surface area contributed by atoms with Crippen molar-refractivity contribution in [3.05, 3.63) is 126 Å². The highest BCUT2D eigenvalue weighted by molar-refractivity contribution is 9.10. The predicted molar refractivity (Wildman–Crippen MR) is 163 cm³/mol. The van der Waals surface area contributed by atoms with Crippen LogP contribution in [0.2, 0.25) is 0 Å². The smallest absolute Gasteiger partial charge is 0.169 e. The molecule has 0 radical (unpaired) electrons. The van der Waals surface area contributed by atoms with Gasteiger partial charge in [-0.25, -0.2) is 0 Å². The second-order valence-corrected chi connectivity index (χ2v) is 9.83. The third kappa shape index (κ3) is 4.17. The van der Waals surface area contributed by atoms with E-state index in [0.29, 0.717) is 0 Å². The molecular formula is C34H26BrN3. The number of aromatic nitrogens is 3. The minimum Gasteiger partial charge on any atom is -0.281 e. The fourth-order valence-electron chi connectivity index (χ4n) is 5.04. The molecule has 0 bridgehead atoms. The normalized spacial score (nSPS) is 11.0. The van der Waals surface area contributed by atoms with Crippen LogP contribution in [-0.4, -0.2) is 14.6 Å². The first kappa shape index (κ1) is 24.1. The number of pyridine rings is 1. The van der Waals surface area contributed by atoms with E-state index in [9.17, 15) is 0 Å². The lowest BCUT2D eigenvalue weighted by Crippen LogP contribution is -1.93. The van der Waals surface area contributed by atoms with Crippen molar-refractivity contribution in [2.45, 2.75) is 13.8 Å². The molecule has 0 aliphatic heterocycles. The molecule has 0 saturated heterocycles. The zero-order valence-corrected chi connectivity index (χ0v) is 22.9. The van der Waals surface area contributed by atoms with Gasteiger partial charge in [-0.3, -0.25) is 4.40 Å². The molecule has 0 atom stereocenters. The topological polar surface area (TPSA) is 30.2 Å². The second-order valence-electron chi connectivity index (χ2n) is 8.92. The zero-order chi connectivity index (χ0) is 26.1. The fourth-order valence-corrected chi connectivity index (χ4v) is 5.31. The molecule has 0 aliphatic rings. The van der Waals surface area contributed by atoms with Crippen molar-refractivity contribution >= 4 is 43.1 Å². The fraction of sp³-hybridized carbons (Fsp3) is 0.0588. The Bertz CT molecular complexity index is 1880. The molecule has 0 saturated carbocycles. The Morgan fingerprint density at radius 1 is 0.526 bits per heavy atom. The molecule has 0 aliphatic carbocycles. The van der Waals surface area contributed by atoms with Gasteiger partial charge < -0.3 is 0 Å². The quantitative estimate of drug-likeness (QED) is 0.217. The highest BCUT2D eigenvalue weighted by Crippen LogP contribution is 2.35. The molecule has 7 aromatic rings. The molecule has 3 nitrogen and oxygen atoms in total. The number of hydrogen-bond acceptors (Lipinski definition) is 2. The first-order valence-corrected chi connectivity index (χ1v) is 13.7. The number of rotatable bonds is 3. The Kier molecular flexibility index (Phi) is 6.48. The van der Waals surface area contributed by atoms with Gasteiger partial charge in [-0.15, -0.1) is 10.2 Å². The van der Waals surface area contributed by atoms with Crippen molar-refractivity contribution in [1.29, 1.82) is 0 Å². The zero-order valence-electron chi connectivity index (χ0n) is 21.3. The summed E-state index contributed by atoms with van der Waals surface area (Å²) in [7, 11) is 0. The standard InChI is InChI=1S/C32H20BrN3.C2H6/c33-25-18-16-24(17-19-25)31-34-35-32-29-10-4-3-9-28(29)30(20-36(31)32)23-14-12-22(13-15-23)27-11-5-7-21-6-1-2-8-26(21)27;1-2/h1-20H;1-2H3. The van der Waals surface area contributed by atoms with Crippen molar-refractivity contribution in [3.63, 3.8) is 0 Å². The number of halogens is 1. The second kappa shape index (κ2) is 10.2. The molecule has 2 aromatic heterocycles. The van der Waals surface area contributed by atoms with Crippen LogP contribution in [-0.2, 0) is 0 Å². The molecule has 0 N–H and O–H groups in total. The van der Waals surface area contributed by atoms with Gasteiger partial charge in [0.2, 0.25) is 0 Å². The van der Waals surface area contributed by atoms with E-state index in [1.54, 1.807) is 0 Å². The van der Waals surface area contributed by atoms with Gasteiger partial charge >= 0.3 is 0 Å². The summed E-state index contributed by atoms with van der Waals surface area (Å²) in [6.07, 6.45) is 2.17. The van der Waals surface area contributed by atoms with E-state index in [1.807, 2.05) is 26.0 Å². The predicted octanol–water partition coefficient (Wildman–Crippen LogP) is 9.83. The number of nitrogens with zero attached hydrogens (tertiary/aromatic N) is 3. The molecule has 0 fully saturated rings. The molecule has 4 heteroatoms. The van der Waals surface area contributed by atoms with E-state index < -0.39 is 0 Å². The van der Waals surface area contributed by atoms with Crippen LogP contribution in [0.25, 0.3) is 60.8 Å². The molecule has 38 heavy (non-hydrogen) atoms. The summed E-state index contributed by atoms with van der Waals surface area (Å²) in [6, 6.07) is 40.5. The minimum atomic E-state index is 0.830.